The lowest BCUT2D eigenvalue weighted by atomic mass is 10.5. The Kier molecular flexibility index (Phi) is 7.68. The van der Waals surface area contributed by atoms with E-state index in [4.69, 9.17) is 44.1 Å². The summed E-state index contributed by atoms with van der Waals surface area (Å²) in [6, 6.07) is 0. The van der Waals surface area contributed by atoms with Gasteiger partial charge in [0.25, 0.3) is 0 Å². The number of thiol groups is 1. The van der Waals surface area contributed by atoms with Crippen LogP contribution in [0.1, 0.15) is 13.8 Å². The maximum absolute atomic E-state index is 5.56. The highest BCUT2D eigenvalue weighted by molar-refractivity contribution is 8.60. The molecule has 2 atom stereocenters. The van der Waals surface area contributed by atoms with Gasteiger partial charge in [-0.15, -0.1) is 23.2 Å². The van der Waals surface area contributed by atoms with Crippen LogP contribution >= 0.6 is 41.1 Å². The van der Waals surface area contributed by atoms with Crippen molar-refractivity contribution >= 4 is 53.0 Å². The molecule has 13 heavy (non-hydrogen) atoms. The fraction of sp³-hybridized carbons (Fsp3) is 1.00. The van der Waals surface area contributed by atoms with Crippen molar-refractivity contribution in [3.05, 3.63) is 0 Å². The molecule has 0 N–H and O–H groups in total. The van der Waals surface area contributed by atoms with Gasteiger partial charge in [-0.25, -0.2) is 0 Å². The summed E-state index contributed by atoms with van der Waals surface area (Å²) in [5, 5.41) is 0. The van der Waals surface area contributed by atoms with E-state index in [1.165, 1.54) is 0 Å². The van der Waals surface area contributed by atoms with Gasteiger partial charge in [-0.1, -0.05) is 12.2 Å². The first-order chi connectivity index (χ1) is 5.91. The molecule has 0 radical (unpaired) electrons. The zero-order valence-corrected chi connectivity index (χ0v) is 11.6. The third-order valence-electron chi connectivity index (χ3n) is 1.06. The molecule has 0 saturated heterocycles. The van der Waals surface area contributed by atoms with Gasteiger partial charge in [-0.05, 0) is 25.7 Å². The molecule has 2 nitrogen and oxygen atoms in total. The summed E-state index contributed by atoms with van der Waals surface area (Å²) < 4.78 is 10.7. The minimum Gasteiger partial charge on any atom is -0.318 e. The summed E-state index contributed by atoms with van der Waals surface area (Å²) in [5.41, 5.74) is -2.48. The van der Waals surface area contributed by atoms with Crippen LogP contribution in [-0.4, -0.2) is 24.0 Å². The molecule has 0 amide bonds. The van der Waals surface area contributed by atoms with Crippen LogP contribution in [0.3, 0.4) is 0 Å². The molecule has 0 aromatic carbocycles. The Labute approximate surface area is 99.6 Å². The van der Waals surface area contributed by atoms with E-state index in [0.29, 0.717) is 11.8 Å². The topological polar surface area (TPSA) is 18.5 Å². The third kappa shape index (κ3) is 7.43. The normalized spacial score (nSPS) is 20.7. The van der Waals surface area contributed by atoms with Crippen LogP contribution in [0.15, 0.2) is 0 Å². The molecular weight excluding hydrogens is 270 g/mol. The van der Waals surface area contributed by atoms with Crippen molar-refractivity contribution < 1.29 is 9.05 Å². The Morgan fingerprint density at radius 3 is 1.77 bits per heavy atom. The average molecular weight is 283 g/mol. The van der Waals surface area contributed by atoms with Crippen LogP contribution in [0.2, 0.25) is 0 Å². The minimum atomic E-state index is -2.48. The lowest BCUT2D eigenvalue weighted by molar-refractivity contribution is 0.189. The van der Waals surface area contributed by atoms with E-state index < -0.39 is 5.69 Å². The second-order valence-corrected chi connectivity index (χ2v) is 8.42. The van der Waals surface area contributed by atoms with Gasteiger partial charge < -0.3 is 9.05 Å². The van der Waals surface area contributed by atoms with Gasteiger partial charge in [0.05, 0.1) is 12.2 Å². The largest absolute Gasteiger partial charge is 0.318 e. The van der Waals surface area contributed by atoms with Crippen molar-refractivity contribution in [2.24, 2.45) is 0 Å². The SMILES string of the molecule is CC(CCl)OP(=S)(S)OC(C)CCl. The van der Waals surface area contributed by atoms with Crippen LogP contribution < -0.4 is 0 Å². The van der Waals surface area contributed by atoms with E-state index in [1.807, 2.05) is 13.8 Å². The Morgan fingerprint density at radius 2 is 1.54 bits per heavy atom. The first-order valence-corrected chi connectivity index (χ1v) is 8.58. The molecule has 0 aromatic rings. The quantitative estimate of drug-likeness (QED) is 0.458. The Balaban J connectivity index is 4.00. The molecule has 0 aliphatic rings. The third-order valence-corrected chi connectivity index (χ3v) is 4.26. The summed E-state index contributed by atoms with van der Waals surface area (Å²) >= 11 is 20.3. The molecule has 0 rings (SSSR count). The van der Waals surface area contributed by atoms with Gasteiger partial charge in [0.2, 0.25) is 5.69 Å². The number of halogens is 2. The van der Waals surface area contributed by atoms with E-state index in [2.05, 4.69) is 12.2 Å². The second-order valence-electron chi connectivity index (χ2n) is 2.61. The highest BCUT2D eigenvalue weighted by Crippen LogP contribution is 2.55. The molecule has 0 aliphatic carbocycles. The van der Waals surface area contributed by atoms with Crippen LogP contribution in [0, 0.1) is 0 Å². The predicted octanol–water partition coefficient (Wildman–Crippen LogP) is 3.43. The fourth-order valence-electron chi connectivity index (χ4n) is 0.536. The summed E-state index contributed by atoms with van der Waals surface area (Å²) in [5.74, 6) is 0.745. The van der Waals surface area contributed by atoms with Crippen molar-refractivity contribution in [1.29, 1.82) is 0 Å². The van der Waals surface area contributed by atoms with Crippen molar-refractivity contribution in [3.8, 4) is 0 Å². The monoisotopic (exact) mass is 282 g/mol. The first-order valence-electron chi connectivity index (χ1n) is 3.72. The molecule has 2 unspecified atom stereocenters. The smallest absolute Gasteiger partial charge is 0.244 e. The highest BCUT2D eigenvalue weighted by atomic mass is 35.5. The highest BCUT2D eigenvalue weighted by Gasteiger charge is 2.19. The second kappa shape index (κ2) is 6.89. The molecule has 0 aliphatic heterocycles. The van der Waals surface area contributed by atoms with Crippen molar-refractivity contribution in [3.63, 3.8) is 0 Å². The zero-order chi connectivity index (χ0) is 10.5. The van der Waals surface area contributed by atoms with Crippen molar-refractivity contribution in [1.82, 2.24) is 0 Å². The van der Waals surface area contributed by atoms with Gasteiger partial charge in [0.15, 0.2) is 0 Å². The van der Waals surface area contributed by atoms with Crippen molar-refractivity contribution in [2.45, 2.75) is 26.1 Å². The van der Waals surface area contributed by atoms with Gasteiger partial charge in [0.1, 0.15) is 0 Å². The van der Waals surface area contributed by atoms with Gasteiger partial charge in [-0.3, -0.25) is 0 Å². The van der Waals surface area contributed by atoms with Crippen molar-refractivity contribution in [2.75, 3.05) is 11.8 Å². The van der Waals surface area contributed by atoms with Crippen LogP contribution in [0.4, 0.5) is 0 Å². The summed E-state index contributed by atoms with van der Waals surface area (Å²) in [6.45, 7) is 3.64. The molecule has 0 fully saturated rings. The maximum atomic E-state index is 5.56. The fourth-order valence-corrected chi connectivity index (χ4v) is 3.79. The summed E-state index contributed by atoms with van der Waals surface area (Å²) in [6.07, 6.45) is -0.292. The summed E-state index contributed by atoms with van der Waals surface area (Å²) in [4.78, 5) is 0. The first kappa shape index (κ1) is 14.5. The van der Waals surface area contributed by atoms with E-state index in [9.17, 15) is 0 Å². The number of hydrogen-bond donors (Lipinski definition) is 1. The molecule has 0 heterocycles. The molecule has 7 heteroatoms. The number of hydrogen-bond acceptors (Lipinski definition) is 3. The molecule has 80 valence electrons. The standard InChI is InChI=1S/C6H13Cl2O2PS2/c1-5(3-7)9-11(12,13)10-6(2)4-8/h5-6H,3-4H2,1-2H3,(H,12,13). The maximum Gasteiger partial charge on any atom is 0.244 e. The van der Waals surface area contributed by atoms with Gasteiger partial charge in [-0.2, -0.15) is 0 Å². The molecule has 0 aromatic heterocycles. The van der Waals surface area contributed by atoms with Crippen LogP contribution in [-0.2, 0) is 20.9 Å². The lowest BCUT2D eigenvalue weighted by Gasteiger charge is -2.22. The molecule has 0 bridgehead atoms. The Bertz CT molecular complexity index is 177. The van der Waals surface area contributed by atoms with E-state index in [-0.39, 0.29) is 12.2 Å². The van der Waals surface area contributed by atoms with E-state index >= 15 is 0 Å². The molecule has 0 spiro atoms. The van der Waals surface area contributed by atoms with E-state index in [0.717, 1.165) is 0 Å². The number of rotatable bonds is 6. The van der Waals surface area contributed by atoms with Crippen LogP contribution in [0.5, 0.6) is 0 Å². The summed E-state index contributed by atoms with van der Waals surface area (Å²) in [7, 11) is 0. The average Bonchev–Trinajstić information content (AvgIpc) is 2.02. The van der Waals surface area contributed by atoms with Gasteiger partial charge in [0, 0.05) is 11.8 Å². The van der Waals surface area contributed by atoms with E-state index in [1.54, 1.807) is 0 Å². The zero-order valence-electron chi connectivity index (χ0n) is 7.44. The number of alkyl halides is 2. The Morgan fingerprint density at radius 1 is 1.23 bits per heavy atom. The van der Waals surface area contributed by atoms with Crippen LogP contribution in [0.25, 0.3) is 0 Å². The lowest BCUT2D eigenvalue weighted by Crippen LogP contribution is -2.12. The predicted molar refractivity (Wildman–Crippen MR) is 65.8 cm³/mol. The molecular formula is C6H13Cl2O2PS2. The minimum absolute atomic E-state index is 0.146. The molecule has 0 saturated carbocycles. The van der Waals surface area contributed by atoms with Gasteiger partial charge >= 0.3 is 0 Å². The Hall–Kier alpha value is 1.50.